The molecule has 3 rings (SSSR count). The quantitative estimate of drug-likeness (QED) is 0.398. The van der Waals surface area contributed by atoms with Crippen LogP contribution in [-0.2, 0) is 9.59 Å². The maximum Gasteiger partial charge on any atom is 0.295 e. The molecule has 1 atom stereocenters. The van der Waals surface area contributed by atoms with E-state index in [9.17, 15) is 14.7 Å². The van der Waals surface area contributed by atoms with Crippen LogP contribution in [0.1, 0.15) is 36.6 Å². The van der Waals surface area contributed by atoms with Crippen molar-refractivity contribution >= 4 is 17.4 Å². The number of methoxy groups -OCH3 is 1. The summed E-state index contributed by atoms with van der Waals surface area (Å²) in [7, 11) is 1.56. The first-order chi connectivity index (χ1) is 14.9. The molecule has 0 unspecified atom stereocenters. The molecule has 0 radical (unpaired) electrons. The van der Waals surface area contributed by atoms with Gasteiger partial charge in [-0.05, 0) is 49.8 Å². The van der Waals surface area contributed by atoms with Crippen LogP contribution >= 0.6 is 0 Å². The van der Waals surface area contributed by atoms with Crippen LogP contribution in [0, 0.1) is 6.92 Å². The average molecular weight is 423 g/mol. The minimum Gasteiger partial charge on any atom is -0.507 e. The zero-order valence-electron chi connectivity index (χ0n) is 18.6. The number of benzene rings is 2. The first-order valence-electron chi connectivity index (χ1n) is 10.6. The maximum atomic E-state index is 13.0. The molecule has 1 aliphatic heterocycles. The van der Waals surface area contributed by atoms with Gasteiger partial charge in [-0.3, -0.25) is 9.59 Å². The number of ketones is 1. The molecule has 1 N–H and O–H groups in total. The van der Waals surface area contributed by atoms with Gasteiger partial charge in [0.2, 0.25) is 0 Å². The van der Waals surface area contributed by atoms with E-state index in [0.717, 1.165) is 24.2 Å². The van der Waals surface area contributed by atoms with Gasteiger partial charge in [0.1, 0.15) is 11.5 Å². The number of rotatable bonds is 8. The molecule has 0 bridgehead atoms. The van der Waals surface area contributed by atoms with Gasteiger partial charge < -0.3 is 19.6 Å². The van der Waals surface area contributed by atoms with E-state index in [-0.39, 0.29) is 11.3 Å². The Bertz CT molecular complexity index is 960. The summed E-state index contributed by atoms with van der Waals surface area (Å²) in [5, 5.41) is 11.1. The molecule has 1 fully saturated rings. The summed E-state index contributed by atoms with van der Waals surface area (Å²) in [6.45, 7) is 8.91. The van der Waals surface area contributed by atoms with Crippen LogP contribution in [0.5, 0.6) is 5.75 Å². The Balaban J connectivity index is 2.07. The fourth-order valence-electron chi connectivity index (χ4n) is 3.90. The Hall–Kier alpha value is -3.12. The maximum absolute atomic E-state index is 13.0. The minimum absolute atomic E-state index is 0.124. The Labute approximate surface area is 183 Å². The zero-order chi connectivity index (χ0) is 22.5. The van der Waals surface area contributed by atoms with Gasteiger partial charge in [0.05, 0.1) is 18.7 Å². The van der Waals surface area contributed by atoms with E-state index in [1.807, 2.05) is 31.2 Å². The molecule has 164 valence electrons. The number of amides is 1. The predicted molar refractivity (Wildman–Crippen MR) is 121 cm³/mol. The molecule has 0 aliphatic carbocycles. The summed E-state index contributed by atoms with van der Waals surface area (Å²) in [5.74, 6) is -0.755. The normalized spacial score (nSPS) is 18.1. The molecule has 1 aliphatic rings. The number of hydrogen-bond acceptors (Lipinski definition) is 5. The molecule has 0 aromatic heterocycles. The number of aryl methyl sites for hydroxylation is 1. The monoisotopic (exact) mass is 422 g/mol. The molecule has 1 heterocycles. The lowest BCUT2D eigenvalue weighted by molar-refractivity contribution is -0.140. The SMILES string of the molecule is CCN(CC)CCN1C(=O)C(=O)C(=C(O)c2ccc(OC)cc2)[C@H]1c1ccc(C)cc1. The number of carbonyl (C=O) groups is 2. The Morgan fingerprint density at radius 2 is 1.65 bits per heavy atom. The van der Waals surface area contributed by atoms with Crippen LogP contribution in [0.3, 0.4) is 0 Å². The van der Waals surface area contributed by atoms with Crippen LogP contribution in [-0.4, -0.2) is 59.9 Å². The second-order valence-electron chi connectivity index (χ2n) is 7.66. The van der Waals surface area contributed by atoms with E-state index in [1.165, 1.54) is 0 Å². The number of likely N-dealkylation sites (N-methyl/N-ethyl adjacent to an activating group) is 1. The fourth-order valence-corrected chi connectivity index (χ4v) is 3.90. The first-order valence-corrected chi connectivity index (χ1v) is 10.6. The lowest BCUT2D eigenvalue weighted by Crippen LogP contribution is -2.38. The van der Waals surface area contributed by atoms with Gasteiger partial charge in [0, 0.05) is 18.7 Å². The second kappa shape index (κ2) is 9.79. The third kappa shape index (κ3) is 4.64. The molecule has 6 nitrogen and oxygen atoms in total. The van der Waals surface area contributed by atoms with E-state index >= 15 is 0 Å². The molecule has 0 spiro atoms. The Kier molecular flexibility index (Phi) is 7.13. The van der Waals surface area contributed by atoms with Gasteiger partial charge in [0.15, 0.2) is 0 Å². The Morgan fingerprint density at radius 1 is 1.03 bits per heavy atom. The molecule has 31 heavy (non-hydrogen) atoms. The number of aliphatic hydroxyl groups excluding tert-OH is 1. The number of aliphatic hydroxyl groups is 1. The van der Waals surface area contributed by atoms with Crippen LogP contribution in [0.25, 0.3) is 5.76 Å². The van der Waals surface area contributed by atoms with E-state index in [1.54, 1.807) is 36.3 Å². The molecule has 1 saturated heterocycles. The average Bonchev–Trinajstić information content (AvgIpc) is 3.05. The molecular weight excluding hydrogens is 392 g/mol. The number of likely N-dealkylation sites (tertiary alicyclic amines) is 1. The zero-order valence-corrected chi connectivity index (χ0v) is 18.6. The molecular formula is C25H30N2O4. The summed E-state index contributed by atoms with van der Waals surface area (Å²) in [5.41, 5.74) is 2.48. The van der Waals surface area contributed by atoms with Crippen molar-refractivity contribution < 1.29 is 19.4 Å². The lowest BCUT2D eigenvalue weighted by atomic mass is 9.94. The van der Waals surface area contributed by atoms with Crippen LogP contribution < -0.4 is 4.74 Å². The second-order valence-corrected chi connectivity index (χ2v) is 7.66. The summed E-state index contributed by atoms with van der Waals surface area (Å²) in [6.07, 6.45) is 0. The van der Waals surface area contributed by atoms with Crippen molar-refractivity contribution in [2.45, 2.75) is 26.8 Å². The van der Waals surface area contributed by atoms with Gasteiger partial charge in [-0.1, -0.05) is 43.7 Å². The number of hydrogen-bond donors (Lipinski definition) is 1. The first kappa shape index (κ1) is 22.6. The van der Waals surface area contributed by atoms with E-state index in [4.69, 9.17) is 4.74 Å². The van der Waals surface area contributed by atoms with Crippen molar-refractivity contribution in [2.75, 3.05) is 33.3 Å². The summed E-state index contributed by atoms with van der Waals surface area (Å²) >= 11 is 0. The highest BCUT2D eigenvalue weighted by Gasteiger charge is 2.45. The Morgan fingerprint density at radius 3 is 2.19 bits per heavy atom. The van der Waals surface area contributed by atoms with Gasteiger partial charge in [0.25, 0.3) is 11.7 Å². The third-order valence-corrected chi connectivity index (χ3v) is 5.85. The number of nitrogens with zero attached hydrogens (tertiary/aromatic N) is 2. The number of ether oxygens (including phenoxy) is 1. The van der Waals surface area contributed by atoms with E-state index in [2.05, 4.69) is 18.7 Å². The predicted octanol–water partition coefficient (Wildman–Crippen LogP) is 3.77. The minimum atomic E-state index is -0.654. The van der Waals surface area contributed by atoms with E-state index in [0.29, 0.717) is 24.4 Å². The van der Waals surface area contributed by atoms with Crippen molar-refractivity contribution in [1.82, 2.24) is 9.80 Å². The van der Waals surface area contributed by atoms with Gasteiger partial charge in [-0.25, -0.2) is 0 Å². The van der Waals surface area contributed by atoms with Crippen molar-refractivity contribution in [2.24, 2.45) is 0 Å². The molecule has 1 amide bonds. The smallest absolute Gasteiger partial charge is 0.295 e. The summed E-state index contributed by atoms with van der Waals surface area (Å²) in [6, 6.07) is 13.9. The standard InChI is InChI=1S/C25H30N2O4/c1-5-26(6-2)15-16-27-22(18-9-7-17(3)8-10-18)21(24(29)25(27)30)23(28)19-11-13-20(31-4)14-12-19/h7-14,22,28H,5-6,15-16H2,1-4H3/t22-/m1/s1. The molecule has 2 aromatic rings. The van der Waals surface area contributed by atoms with Crippen molar-refractivity contribution in [3.05, 3.63) is 70.8 Å². The largest absolute Gasteiger partial charge is 0.507 e. The van der Waals surface area contributed by atoms with Crippen LogP contribution in [0.15, 0.2) is 54.1 Å². The highest BCUT2D eigenvalue weighted by Crippen LogP contribution is 2.39. The molecule has 0 saturated carbocycles. The molecule has 6 heteroatoms. The lowest BCUT2D eigenvalue weighted by Gasteiger charge is -2.28. The van der Waals surface area contributed by atoms with Gasteiger partial charge in [-0.2, -0.15) is 0 Å². The van der Waals surface area contributed by atoms with E-state index < -0.39 is 17.7 Å². The van der Waals surface area contributed by atoms with Gasteiger partial charge >= 0.3 is 0 Å². The third-order valence-electron chi connectivity index (χ3n) is 5.85. The molecule has 2 aromatic carbocycles. The van der Waals surface area contributed by atoms with Crippen molar-refractivity contribution in [1.29, 1.82) is 0 Å². The number of Topliss-reactive ketones (excluding diaryl/α,β-unsaturated/α-hetero) is 1. The van der Waals surface area contributed by atoms with Crippen LogP contribution in [0.2, 0.25) is 0 Å². The summed E-state index contributed by atoms with van der Waals surface area (Å²) in [4.78, 5) is 29.8. The van der Waals surface area contributed by atoms with Gasteiger partial charge in [-0.15, -0.1) is 0 Å². The number of carbonyl (C=O) groups excluding carboxylic acids is 2. The fraction of sp³-hybridized carbons (Fsp3) is 0.360. The topological polar surface area (TPSA) is 70.1 Å². The van der Waals surface area contributed by atoms with Crippen molar-refractivity contribution in [3.8, 4) is 5.75 Å². The highest BCUT2D eigenvalue weighted by molar-refractivity contribution is 6.46. The highest BCUT2D eigenvalue weighted by atomic mass is 16.5. The summed E-state index contributed by atoms with van der Waals surface area (Å²) < 4.78 is 5.18. The van der Waals surface area contributed by atoms with Crippen molar-refractivity contribution in [3.63, 3.8) is 0 Å². The van der Waals surface area contributed by atoms with Crippen LogP contribution in [0.4, 0.5) is 0 Å².